The molecule has 4 aromatic rings. The van der Waals surface area contributed by atoms with E-state index in [9.17, 15) is 0 Å². The van der Waals surface area contributed by atoms with E-state index in [2.05, 4.69) is 44.4 Å². The SMILES string of the molecule is Cc1cccc(-n2c(C)nnc2S[C@H](C)c2nc(-c3ccncc3)no2)c1. The predicted molar refractivity (Wildman–Crippen MR) is 103 cm³/mol. The zero-order valence-electron chi connectivity index (χ0n) is 15.2. The Morgan fingerprint density at radius 3 is 2.67 bits per heavy atom. The molecule has 3 heterocycles. The number of aryl methyl sites for hydroxylation is 2. The molecule has 0 bridgehead atoms. The molecular weight excluding hydrogens is 360 g/mol. The number of hydrogen-bond acceptors (Lipinski definition) is 7. The van der Waals surface area contributed by atoms with Crippen LogP contribution in [0.1, 0.15) is 29.5 Å². The van der Waals surface area contributed by atoms with Gasteiger partial charge in [0, 0.05) is 23.6 Å². The second kappa shape index (κ2) is 7.32. The first-order valence-corrected chi connectivity index (χ1v) is 9.39. The van der Waals surface area contributed by atoms with Crippen molar-refractivity contribution in [3.8, 4) is 17.1 Å². The number of benzene rings is 1. The van der Waals surface area contributed by atoms with E-state index in [0.29, 0.717) is 11.7 Å². The van der Waals surface area contributed by atoms with Crippen molar-refractivity contribution in [2.45, 2.75) is 31.2 Å². The standard InChI is InChI=1S/C19H18N6OS/c1-12-5-4-6-16(11-12)25-14(3)22-23-19(25)27-13(2)18-21-17(24-26-18)15-7-9-20-10-8-15/h4-11,13H,1-3H3/t13-/m1/s1. The van der Waals surface area contributed by atoms with E-state index in [0.717, 1.165) is 22.2 Å². The fourth-order valence-electron chi connectivity index (χ4n) is 2.71. The van der Waals surface area contributed by atoms with Gasteiger partial charge in [0.2, 0.25) is 11.7 Å². The highest BCUT2D eigenvalue weighted by atomic mass is 32.2. The van der Waals surface area contributed by atoms with Crippen LogP contribution in [0.15, 0.2) is 58.5 Å². The Hall–Kier alpha value is -3.00. The molecule has 1 aromatic carbocycles. The van der Waals surface area contributed by atoms with Crippen LogP contribution in [0.25, 0.3) is 17.1 Å². The minimum absolute atomic E-state index is 0.0692. The number of rotatable bonds is 5. The van der Waals surface area contributed by atoms with Gasteiger partial charge in [-0.3, -0.25) is 9.55 Å². The van der Waals surface area contributed by atoms with Gasteiger partial charge < -0.3 is 4.52 Å². The first kappa shape index (κ1) is 17.4. The summed E-state index contributed by atoms with van der Waals surface area (Å²) in [4.78, 5) is 8.52. The van der Waals surface area contributed by atoms with E-state index in [1.165, 1.54) is 17.3 Å². The number of aromatic nitrogens is 6. The molecule has 0 radical (unpaired) electrons. The molecule has 136 valence electrons. The van der Waals surface area contributed by atoms with Crippen molar-refractivity contribution in [3.05, 3.63) is 66.1 Å². The van der Waals surface area contributed by atoms with Gasteiger partial charge in [-0.2, -0.15) is 4.98 Å². The summed E-state index contributed by atoms with van der Waals surface area (Å²) >= 11 is 1.53. The molecule has 7 nitrogen and oxygen atoms in total. The normalized spacial score (nSPS) is 12.3. The lowest BCUT2D eigenvalue weighted by Crippen LogP contribution is -2.01. The van der Waals surface area contributed by atoms with Crippen LogP contribution in [0.2, 0.25) is 0 Å². The van der Waals surface area contributed by atoms with E-state index in [4.69, 9.17) is 4.52 Å². The van der Waals surface area contributed by atoms with Crippen LogP contribution in [0.4, 0.5) is 0 Å². The molecule has 0 fully saturated rings. The molecule has 0 N–H and O–H groups in total. The molecule has 4 rings (SSSR count). The topological polar surface area (TPSA) is 82.5 Å². The number of thioether (sulfide) groups is 1. The van der Waals surface area contributed by atoms with Gasteiger partial charge in [-0.1, -0.05) is 29.1 Å². The molecule has 0 aliphatic carbocycles. The maximum Gasteiger partial charge on any atom is 0.240 e. The van der Waals surface area contributed by atoms with Crippen molar-refractivity contribution in [2.75, 3.05) is 0 Å². The lowest BCUT2D eigenvalue weighted by molar-refractivity contribution is 0.380. The van der Waals surface area contributed by atoms with Crippen molar-refractivity contribution in [2.24, 2.45) is 0 Å². The van der Waals surface area contributed by atoms with Gasteiger partial charge in [-0.15, -0.1) is 10.2 Å². The van der Waals surface area contributed by atoms with Crippen molar-refractivity contribution >= 4 is 11.8 Å². The largest absolute Gasteiger partial charge is 0.338 e. The van der Waals surface area contributed by atoms with Crippen LogP contribution < -0.4 is 0 Å². The highest BCUT2D eigenvalue weighted by Crippen LogP contribution is 2.35. The molecule has 27 heavy (non-hydrogen) atoms. The number of nitrogens with zero attached hydrogens (tertiary/aromatic N) is 6. The van der Waals surface area contributed by atoms with Crippen LogP contribution in [-0.4, -0.2) is 29.9 Å². The number of pyridine rings is 1. The maximum atomic E-state index is 5.46. The van der Waals surface area contributed by atoms with E-state index in [1.807, 2.05) is 42.7 Å². The molecule has 1 atom stereocenters. The van der Waals surface area contributed by atoms with Crippen LogP contribution in [0.3, 0.4) is 0 Å². The zero-order valence-corrected chi connectivity index (χ0v) is 16.0. The third-order valence-electron chi connectivity index (χ3n) is 4.07. The third kappa shape index (κ3) is 3.61. The predicted octanol–water partition coefficient (Wildman–Crippen LogP) is 4.18. The second-order valence-electron chi connectivity index (χ2n) is 6.16. The highest BCUT2D eigenvalue weighted by molar-refractivity contribution is 7.99. The Labute approximate surface area is 160 Å². The van der Waals surface area contributed by atoms with E-state index < -0.39 is 0 Å². The fourth-order valence-corrected chi connectivity index (χ4v) is 3.65. The molecular formula is C19H18N6OS. The van der Waals surface area contributed by atoms with E-state index in [-0.39, 0.29) is 5.25 Å². The molecule has 3 aromatic heterocycles. The van der Waals surface area contributed by atoms with Crippen LogP contribution in [0, 0.1) is 13.8 Å². The van der Waals surface area contributed by atoms with Gasteiger partial charge in [0.1, 0.15) is 5.82 Å². The first-order valence-electron chi connectivity index (χ1n) is 8.51. The summed E-state index contributed by atoms with van der Waals surface area (Å²) in [7, 11) is 0. The molecule has 0 spiro atoms. The monoisotopic (exact) mass is 378 g/mol. The molecule has 0 saturated heterocycles. The smallest absolute Gasteiger partial charge is 0.240 e. The second-order valence-corrected chi connectivity index (χ2v) is 7.46. The summed E-state index contributed by atoms with van der Waals surface area (Å²) in [5, 5.41) is 13.4. The lowest BCUT2D eigenvalue weighted by atomic mass is 10.2. The van der Waals surface area contributed by atoms with Gasteiger partial charge >= 0.3 is 0 Å². The van der Waals surface area contributed by atoms with Crippen LogP contribution in [-0.2, 0) is 0 Å². The highest BCUT2D eigenvalue weighted by Gasteiger charge is 2.21. The molecule has 0 aliphatic rings. The molecule has 0 aliphatic heterocycles. The molecule has 8 heteroatoms. The Balaban J connectivity index is 1.59. The van der Waals surface area contributed by atoms with Crippen molar-refractivity contribution in [3.63, 3.8) is 0 Å². The molecule has 0 amide bonds. The Bertz CT molecular complexity index is 1060. The van der Waals surface area contributed by atoms with Crippen LogP contribution >= 0.6 is 11.8 Å². The average Bonchev–Trinajstić information content (AvgIpc) is 3.30. The summed E-state index contributed by atoms with van der Waals surface area (Å²) in [5.74, 6) is 1.93. The zero-order chi connectivity index (χ0) is 18.8. The third-order valence-corrected chi connectivity index (χ3v) is 5.10. The van der Waals surface area contributed by atoms with Gasteiger partial charge in [-0.05, 0) is 50.6 Å². The van der Waals surface area contributed by atoms with Gasteiger partial charge in [0.05, 0.1) is 5.25 Å². The van der Waals surface area contributed by atoms with Crippen molar-refractivity contribution in [1.29, 1.82) is 0 Å². The Morgan fingerprint density at radius 1 is 1.07 bits per heavy atom. The molecule has 0 unspecified atom stereocenters. The number of hydrogen-bond donors (Lipinski definition) is 0. The summed E-state index contributed by atoms with van der Waals surface area (Å²) < 4.78 is 7.50. The van der Waals surface area contributed by atoms with Crippen molar-refractivity contribution in [1.82, 2.24) is 29.9 Å². The lowest BCUT2D eigenvalue weighted by Gasteiger charge is -2.10. The fraction of sp³-hybridized carbons (Fsp3) is 0.211. The summed E-state index contributed by atoms with van der Waals surface area (Å²) in [5.41, 5.74) is 3.09. The quantitative estimate of drug-likeness (QED) is 0.482. The Kier molecular flexibility index (Phi) is 4.72. The van der Waals surface area contributed by atoms with Gasteiger partial charge in [0.25, 0.3) is 0 Å². The van der Waals surface area contributed by atoms with E-state index in [1.54, 1.807) is 12.4 Å². The Morgan fingerprint density at radius 2 is 1.89 bits per heavy atom. The van der Waals surface area contributed by atoms with Crippen LogP contribution in [0.5, 0.6) is 0 Å². The first-order chi connectivity index (χ1) is 13.1. The summed E-state index contributed by atoms with van der Waals surface area (Å²) in [6.07, 6.45) is 3.41. The molecule has 0 saturated carbocycles. The summed E-state index contributed by atoms with van der Waals surface area (Å²) in [6, 6.07) is 12.0. The minimum atomic E-state index is -0.0692. The average molecular weight is 378 g/mol. The van der Waals surface area contributed by atoms with Crippen molar-refractivity contribution < 1.29 is 4.52 Å². The maximum absolute atomic E-state index is 5.46. The summed E-state index contributed by atoms with van der Waals surface area (Å²) in [6.45, 7) is 6.02. The van der Waals surface area contributed by atoms with E-state index >= 15 is 0 Å². The van der Waals surface area contributed by atoms with Gasteiger partial charge in [0.15, 0.2) is 5.16 Å². The van der Waals surface area contributed by atoms with Gasteiger partial charge in [-0.25, -0.2) is 0 Å². The minimum Gasteiger partial charge on any atom is -0.338 e.